The minimum atomic E-state index is 0.725. The molecule has 86 valence electrons. The van der Waals surface area contributed by atoms with Crippen molar-refractivity contribution in [1.82, 2.24) is 10.3 Å². The molecule has 0 saturated carbocycles. The Labute approximate surface area is 103 Å². The number of aromatic nitrogens is 1. The van der Waals surface area contributed by atoms with E-state index in [0.29, 0.717) is 0 Å². The third-order valence-electron chi connectivity index (χ3n) is 2.21. The highest BCUT2D eigenvalue weighted by Crippen LogP contribution is 2.33. The second-order valence-corrected chi connectivity index (χ2v) is 4.75. The van der Waals surface area contributed by atoms with E-state index in [-0.39, 0.29) is 0 Å². The van der Waals surface area contributed by atoms with Crippen molar-refractivity contribution in [2.75, 3.05) is 13.6 Å². The third kappa shape index (κ3) is 2.64. The number of hydrogen-bond acceptors (Lipinski definition) is 4. The van der Waals surface area contributed by atoms with Gasteiger partial charge in [-0.1, -0.05) is 11.6 Å². The number of nitrogens with zero attached hydrogens (tertiary/aromatic N) is 1. The molecule has 0 spiro atoms. The van der Waals surface area contributed by atoms with E-state index in [4.69, 9.17) is 16.0 Å². The Morgan fingerprint density at radius 2 is 2.44 bits per heavy atom. The lowest BCUT2D eigenvalue weighted by molar-refractivity contribution is 0.496. The van der Waals surface area contributed by atoms with E-state index in [1.54, 1.807) is 17.5 Å². The molecule has 2 heterocycles. The molecule has 2 aromatic rings. The Kier molecular flexibility index (Phi) is 3.98. The number of thiophene rings is 1. The molecule has 0 unspecified atom stereocenters. The first kappa shape index (κ1) is 11.6. The SMILES string of the molecule is CNCCCc1ncc(-c2sccc2Cl)o1. The summed E-state index contributed by atoms with van der Waals surface area (Å²) in [7, 11) is 1.94. The van der Waals surface area contributed by atoms with Gasteiger partial charge in [-0.3, -0.25) is 0 Å². The molecule has 0 aliphatic heterocycles. The zero-order valence-corrected chi connectivity index (χ0v) is 10.6. The number of oxazole rings is 1. The first-order chi connectivity index (χ1) is 7.81. The van der Waals surface area contributed by atoms with Gasteiger partial charge in [0, 0.05) is 6.42 Å². The summed E-state index contributed by atoms with van der Waals surface area (Å²) in [5.74, 6) is 1.54. The minimum absolute atomic E-state index is 0.725. The van der Waals surface area contributed by atoms with Crippen molar-refractivity contribution in [2.45, 2.75) is 12.8 Å². The summed E-state index contributed by atoms with van der Waals surface area (Å²) in [5, 5.41) is 5.76. The van der Waals surface area contributed by atoms with Gasteiger partial charge in [0.2, 0.25) is 0 Å². The van der Waals surface area contributed by atoms with Crippen molar-refractivity contribution in [3.8, 4) is 10.6 Å². The lowest BCUT2D eigenvalue weighted by atomic mass is 10.3. The summed E-state index contributed by atoms with van der Waals surface area (Å²) < 4.78 is 5.64. The number of aryl methyl sites for hydroxylation is 1. The highest BCUT2D eigenvalue weighted by molar-refractivity contribution is 7.14. The Morgan fingerprint density at radius 1 is 1.56 bits per heavy atom. The Balaban J connectivity index is 2.05. The molecule has 16 heavy (non-hydrogen) atoms. The van der Waals surface area contributed by atoms with Crippen LogP contribution in [-0.2, 0) is 6.42 Å². The molecular weight excluding hydrogens is 244 g/mol. The molecule has 0 bridgehead atoms. The topological polar surface area (TPSA) is 38.1 Å². The molecule has 5 heteroatoms. The molecule has 0 aliphatic carbocycles. The Hall–Kier alpha value is -0.840. The second-order valence-electron chi connectivity index (χ2n) is 3.42. The van der Waals surface area contributed by atoms with E-state index in [2.05, 4.69) is 10.3 Å². The van der Waals surface area contributed by atoms with Crippen molar-refractivity contribution < 1.29 is 4.42 Å². The molecular formula is C11H13ClN2OS. The monoisotopic (exact) mass is 256 g/mol. The molecule has 0 amide bonds. The number of rotatable bonds is 5. The van der Waals surface area contributed by atoms with Gasteiger partial charge in [-0.15, -0.1) is 11.3 Å². The highest BCUT2D eigenvalue weighted by atomic mass is 35.5. The van der Waals surface area contributed by atoms with Gasteiger partial charge in [0.15, 0.2) is 11.7 Å². The summed E-state index contributed by atoms with van der Waals surface area (Å²) in [6.07, 6.45) is 3.62. The smallest absolute Gasteiger partial charge is 0.194 e. The van der Waals surface area contributed by atoms with Gasteiger partial charge < -0.3 is 9.73 Å². The zero-order valence-electron chi connectivity index (χ0n) is 9.00. The predicted octanol–water partition coefficient (Wildman–Crippen LogP) is 3.21. The quantitative estimate of drug-likeness (QED) is 0.835. The van der Waals surface area contributed by atoms with E-state index in [1.807, 2.05) is 18.5 Å². The van der Waals surface area contributed by atoms with Crippen LogP contribution in [0.1, 0.15) is 12.3 Å². The van der Waals surface area contributed by atoms with Crippen LogP contribution >= 0.6 is 22.9 Å². The van der Waals surface area contributed by atoms with Crippen LogP contribution in [0.2, 0.25) is 5.02 Å². The fourth-order valence-corrected chi connectivity index (χ4v) is 2.51. The lowest BCUT2D eigenvalue weighted by Gasteiger charge is -1.95. The second kappa shape index (κ2) is 5.48. The molecule has 2 aromatic heterocycles. The van der Waals surface area contributed by atoms with Crippen LogP contribution in [0, 0.1) is 0 Å². The van der Waals surface area contributed by atoms with Crippen molar-refractivity contribution in [3.05, 3.63) is 28.6 Å². The summed E-state index contributed by atoms with van der Waals surface area (Å²) in [6, 6.07) is 1.87. The van der Waals surface area contributed by atoms with E-state index in [0.717, 1.165) is 40.9 Å². The largest absolute Gasteiger partial charge is 0.440 e. The normalized spacial score (nSPS) is 10.9. The maximum atomic E-state index is 6.02. The van der Waals surface area contributed by atoms with Gasteiger partial charge in [0.1, 0.15) is 0 Å². The molecule has 2 rings (SSSR count). The van der Waals surface area contributed by atoms with E-state index in [9.17, 15) is 0 Å². The third-order valence-corrected chi connectivity index (χ3v) is 3.57. The molecule has 0 fully saturated rings. The van der Waals surface area contributed by atoms with Crippen LogP contribution in [0.25, 0.3) is 10.6 Å². The summed E-state index contributed by atoms with van der Waals surface area (Å²) in [6.45, 7) is 0.970. The van der Waals surface area contributed by atoms with E-state index in [1.165, 1.54) is 0 Å². The fourth-order valence-electron chi connectivity index (χ4n) is 1.42. The average molecular weight is 257 g/mol. The first-order valence-electron chi connectivity index (χ1n) is 5.14. The summed E-state index contributed by atoms with van der Waals surface area (Å²) >= 11 is 7.59. The Bertz CT molecular complexity index is 452. The van der Waals surface area contributed by atoms with Gasteiger partial charge in [0.25, 0.3) is 0 Å². The first-order valence-corrected chi connectivity index (χ1v) is 6.39. The predicted molar refractivity (Wildman–Crippen MR) is 67.1 cm³/mol. The van der Waals surface area contributed by atoms with Crippen LogP contribution in [0.15, 0.2) is 22.1 Å². The fraction of sp³-hybridized carbons (Fsp3) is 0.364. The van der Waals surface area contributed by atoms with Crippen LogP contribution in [0.5, 0.6) is 0 Å². The maximum absolute atomic E-state index is 6.02. The summed E-state index contributed by atoms with van der Waals surface area (Å²) in [5.41, 5.74) is 0. The molecule has 1 N–H and O–H groups in total. The number of halogens is 1. The zero-order chi connectivity index (χ0) is 11.4. The summed E-state index contributed by atoms with van der Waals surface area (Å²) in [4.78, 5) is 5.19. The van der Waals surface area contributed by atoms with Gasteiger partial charge in [0.05, 0.1) is 16.1 Å². The van der Waals surface area contributed by atoms with Crippen LogP contribution in [0.4, 0.5) is 0 Å². The Morgan fingerprint density at radius 3 is 3.12 bits per heavy atom. The minimum Gasteiger partial charge on any atom is -0.440 e. The molecule has 0 aromatic carbocycles. The highest BCUT2D eigenvalue weighted by Gasteiger charge is 2.10. The average Bonchev–Trinajstić information content (AvgIpc) is 2.87. The molecule has 0 radical (unpaired) electrons. The van der Waals surface area contributed by atoms with Crippen LogP contribution in [-0.4, -0.2) is 18.6 Å². The van der Waals surface area contributed by atoms with E-state index < -0.39 is 0 Å². The van der Waals surface area contributed by atoms with Gasteiger partial charge in [-0.25, -0.2) is 4.98 Å². The standard InChI is InChI=1S/C11H13ClN2OS/c1-13-5-2-3-10-14-7-9(15-10)11-8(12)4-6-16-11/h4,6-7,13H,2-3,5H2,1H3. The van der Waals surface area contributed by atoms with Crippen molar-refractivity contribution in [1.29, 1.82) is 0 Å². The van der Waals surface area contributed by atoms with Crippen molar-refractivity contribution >= 4 is 22.9 Å². The van der Waals surface area contributed by atoms with Crippen LogP contribution < -0.4 is 5.32 Å². The van der Waals surface area contributed by atoms with Crippen molar-refractivity contribution in [2.24, 2.45) is 0 Å². The van der Waals surface area contributed by atoms with Gasteiger partial charge in [-0.2, -0.15) is 0 Å². The molecule has 0 saturated heterocycles. The molecule has 0 aliphatic rings. The van der Waals surface area contributed by atoms with Gasteiger partial charge in [-0.05, 0) is 31.5 Å². The lowest BCUT2D eigenvalue weighted by Crippen LogP contribution is -2.08. The number of nitrogens with one attached hydrogen (secondary N) is 1. The van der Waals surface area contributed by atoms with Crippen LogP contribution in [0.3, 0.4) is 0 Å². The molecule has 0 atom stereocenters. The van der Waals surface area contributed by atoms with Crippen molar-refractivity contribution in [3.63, 3.8) is 0 Å². The van der Waals surface area contributed by atoms with Gasteiger partial charge >= 0.3 is 0 Å². The molecule has 3 nitrogen and oxygen atoms in total. The number of hydrogen-bond donors (Lipinski definition) is 1. The van der Waals surface area contributed by atoms with E-state index >= 15 is 0 Å². The maximum Gasteiger partial charge on any atom is 0.194 e.